The number of rotatable bonds is 12. The van der Waals surface area contributed by atoms with Gasteiger partial charge < -0.3 is 14.8 Å². The topological polar surface area (TPSA) is 60.4 Å². The van der Waals surface area contributed by atoms with E-state index in [4.69, 9.17) is 0 Å². The van der Waals surface area contributed by atoms with E-state index in [2.05, 4.69) is 36.9 Å². The van der Waals surface area contributed by atoms with Crippen molar-refractivity contribution >= 4 is 11.9 Å². The smallest absolute Gasteiger partial charge is 0.545 e. The first-order valence-electron chi connectivity index (χ1n) is 12.3. The fraction of sp³-hybridized carbons (Fsp3) is 0.333. The van der Waals surface area contributed by atoms with Crippen molar-refractivity contribution in [3.8, 4) is 11.1 Å². The number of amides is 1. The van der Waals surface area contributed by atoms with Gasteiger partial charge in [-0.05, 0) is 59.2 Å². The van der Waals surface area contributed by atoms with Gasteiger partial charge in [0.25, 0.3) is 0 Å². The molecule has 178 valence electrons. The molecule has 0 bridgehead atoms. The fourth-order valence-corrected chi connectivity index (χ4v) is 4.45. The maximum atomic E-state index is 13.4. The molecule has 0 aliphatic carbocycles. The Morgan fingerprint density at radius 2 is 1.40 bits per heavy atom. The number of aromatic carboxylic acids is 1. The van der Waals surface area contributed by atoms with Gasteiger partial charge >= 0.3 is 29.6 Å². The van der Waals surface area contributed by atoms with Crippen molar-refractivity contribution in [3.05, 3.63) is 95.6 Å². The zero-order valence-corrected chi connectivity index (χ0v) is 23.2. The predicted molar refractivity (Wildman–Crippen MR) is 135 cm³/mol. The van der Waals surface area contributed by atoms with Crippen molar-refractivity contribution in [2.24, 2.45) is 0 Å². The molecule has 1 amide bonds. The molecule has 3 aromatic carbocycles. The number of carboxylic acid groups (broad SMARTS) is 1. The van der Waals surface area contributed by atoms with Gasteiger partial charge in [-0.15, -0.1) is 0 Å². The zero-order valence-electron chi connectivity index (χ0n) is 21.2. The van der Waals surface area contributed by atoms with E-state index >= 15 is 0 Å². The first kappa shape index (κ1) is 28.8. The molecule has 35 heavy (non-hydrogen) atoms. The van der Waals surface area contributed by atoms with E-state index in [1.54, 1.807) is 12.1 Å². The van der Waals surface area contributed by atoms with E-state index in [9.17, 15) is 14.7 Å². The first-order valence-corrected chi connectivity index (χ1v) is 12.3. The molecule has 5 heteroatoms. The normalized spacial score (nSPS) is 10.6. The van der Waals surface area contributed by atoms with Gasteiger partial charge in [0.2, 0.25) is 5.91 Å². The summed E-state index contributed by atoms with van der Waals surface area (Å²) in [6, 6.07) is 25.2. The third kappa shape index (κ3) is 8.64. The zero-order chi connectivity index (χ0) is 24.3. The Bertz CT molecular complexity index is 1080. The Morgan fingerprint density at radius 3 is 2.03 bits per heavy atom. The van der Waals surface area contributed by atoms with Crippen LogP contribution in [0.25, 0.3) is 11.1 Å². The number of nitrogens with zero attached hydrogens (tertiary/aromatic N) is 1. The minimum absolute atomic E-state index is 0. The molecule has 0 fully saturated rings. The van der Waals surface area contributed by atoms with Crippen molar-refractivity contribution in [2.45, 2.75) is 65.0 Å². The molecule has 0 atom stereocenters. The van der Waals surface area contributed by atoms with E-state index in [-0.39, 0.29) is 47.1 Å². The second-order valence-electron chi connectivity index (χ2n) is 8.81. The summed E-state index contributed by atoms with van der Waals surface area (Å²) < 4.78 is 0. The van der Waals surface area contributed by atoms with Crippen LogP contribution in [0, 0.1) is 0 Å². The molecular formula is C30H34NNaO3. The van der Waals surface area contributed by atoms with Crippen LogP contribution >= 0.6 is 0 Å². The van der Waals surface area contributed by atoms with Crippen LogP contribution in [0.1, 0.15) is 67.4 Å². The van der Waals surface area contributed by atoms with E-state index in [1.165, 1.54) is 11.6 Å². The molecule has 0 radical (unpaired) electrons. The molecule has 0 unspecified atom stereocenters. The van der Waals surface area contributed by atoms with Gasteiger partial charge in [-0.3, -0.25) is 4.79 Å². The van der Waals surface area contributed by atoms with Crippen LogP contribution in [0.15, 0.2) is 78.9 Å². The van der Waals surface area contributed by atoms with Crippen LogP contribution in [0.4, 0.5) is 0 Å². The standard InChI is InChI=1S/C30H35NO3.Na/c1-3-10-28(11-4-2)31(29(32)19-18-23-12-6-5-7-13-23)22-24-14-8-15-25(20-24)26-16-9-17-27(21-26)30(33)34;/h5-9,12-17,20-21,28H,3-4,10-11,18-19,22H2,1-2H3,(H,33,34);/q;+1/p-1. The monoisotopic (exact) mass is 479 g/mol. The molecule has 0 N–H and O–H groups in total. The predicted octanol–water partition coefficient (Wildman–Crippen LogP) is 2.65. The Kier molecular flexibility index (Phi) is 12.3. The molecule has 0 spiro atoms. The van der Waals surface area contributed by atoms with E-state index < -0.39 is 5.97 Å². The summed E-state index contributed by atoms with van der Waals surface area (Å²) in [7, 11) is 0. The second-order valence-corrected chi connectivity index (χ2v) is 8.81. The maximum Gasteiger partial charge on any atom is 1.00 e. The van der Waals surface area contributed by atoms with Crippen LogP contribution in [0.2, 0.25) is 0 Å². The van der Waals surface area contributed by atoms with Crippen LogP contribution in [0.3, 0.4) is 0 Å². The number of carbonyl (C=O) groups is 2. The molecule has 0 aliphatic rings. The first-order chi connectivity index (χ1) is 16.5. The third-order valence-corrected chi connectivity index (χ3v) is 6.19. The second kappa shape index (κ2) is 14.9. The van der Waals surface area contributed by atoms with Crippen molar-refractivity contribution in [1.29, 1.82) is 0 Å². The van der Waals surface area contributed by atoms with E-state index in [1.807, 2.05) is 42.5 Å². The number of carbonyl (C=O) groups excluding carboxylic acids is 2. The Balaban J connectivity index is 0.00000432. The molecule has 0 saturated carbocycles. The van der Waals surface area contributed by atoms with Gasteiger partial charge in [-0.1, -0.05) is 93.4 Å². The quantitative estimate of drug-likeness (QED) is 0.375. The average molecular weight is 480 g/mol. The number of hydrogen-bond donors (Lipinski definition) is 0. The van der Waals surface area contributed by atoms with Crippen LogP contribution in [0.5, 0.6) is 0 Å². The number of hydrogen-bond acceptors (Lipinski definition) is 3. The fourth-order valence-electron chi connectivity index (χ4n) is 4.45. The van der Waals surface area contributed by atoms with Gasteiger partial charge in [0, 0.05) is 19.0 Å². The summed E-state index contributed by atoms with van der Waals surface area (Å²) in [6.07, 6.45) is 5.25. The van der Waals surface area contributed by atoms with Crippen molar-refractivity contribution in [1.82, 2.24) is 4.90 Å². The minimum Gasteiger partial charge on any atom is -0.545 e. The third-order valence-electron chi connectivity index (χ3n) is 6.19. The molecule has 0 saturated heterocycles. The van der Waals surface area contributed by atoms with Crippen molar-refractivity contribution in [2.75, 3.05) is 0 Å². The van der Waals surface area contributed by atoms with Gasteiger partial charge in [0.15, 0.2) is 0 Å². The molecular weight excluding hydrogens is 445 g/mol. The number of carboxylic acids is 1. The Morgan fingerprint density at radius 1 is 0.800 bits per heavy atom. The molecule has 0 aromatic heterocycles. The maximum absolute atomic E-state index is 13.4. The largest absolute Gasteiger partial charge is 1.00 e. The van der Waals surface area contributed by atoms with Crippen LogP contribution < -0.4 is 34.7 Å². The average Bonchev–Trinajstić information content (AvgIpc) is 2.86. The SMILES string of the molecule is CCCC(CCC)N(Cc1cccc(-c2cccc(C(=O)[O-])c2)c1)C(=O)CCc1ccccc1.[Na+]. The number of benzene rings is 3. The molecule has 0 heterocycles. The van der Waals surface area contributed by atoms with Gasteiger partial charge in [0.1, 0.15) is 0 Å². The Labute approximate surface area is 231 Å². The number of aryl methyl sites for hydroxylation is 1. The van der Waals surface area contributed by atoms with Crippen LogP contribution in [-0.2, 0) is 17.8 Å². The summed E-state index contributed by atoms with van der Waals surface area (Å²) >= 11 is 0. The Hall–Kier alpha value is -2.40. The van der Waals surface area contributed by atoms with Gasteiger partial charge in [-0.25, -0.2) is 0 Å². The van der Waals surface area contributed by atoms with Gasteiger partial charge in [-0.2, -0.15) is 0 Å². The van der Waals surface area contributed by atoms with Crippen molar-refractivity contribution < 1.29 is 44.3 Å². The summed E-state index contributed by atoms with van der Waals surface area (Å²) in [5, 5.41) is 11.3. The van der Waals surface area contributed by atoms with E-state index in [0.717, 1.165) is 48.8 Å². The van der Waals surface area contributed by atoms with Crippen LogP contribution in [-0.4, -0.2) is 22.8 Å². The summed E-state index contributed by atoms with van der Waals surface area (Å²) in [5.41, 5.74) is 4.13. The summed E-state index contributed by atoms with van der Waals surface area (Å²) in [4.78, 5) is 26.8. The summed E-state index contributed by atoms with van der Waals surface area (Å²) in [5.74, 6) is -1.00. The van der Waals surface area contributed by atoms with Gasteiger partial charge in [0.05, 0.1) is 5.97 Å². The molecule has 3 rings (SSSR count). The summed E-state index contributed by atoms with van der Waals surface area (Å²) in [6.45, 7) is 4.88. The molecule has 3 aromatic rings. The molecule has 0 aliphatic heterocycles. The van der Waals surface area contributed by atoms with Crippen molar-refractivity contribution in [3.63, 3.8) is 0 Å². The minimum atomic E-state index is -1.19. The van der Waals surface area contributed by atoms with E-state index in [0.29, 0.717) is 13.0 Å². The molecule has 4 nitrogen and oxygen atoms in total.